The third-order valence-electron chi connectivity index (χ3n) is 3.87. The van der Waals surface area contributed by atoms with Crippen LogP contribution in [0, 0.1) is 0 Å². The van der Waals surface area contributed by atoms with E-state index in [0.717, 1.165) is 4.90 Å². The van der Waals surface area contributed by atoms with Gasteiger partial charge in [-0.1, -0.05) is 11.6 Å². The minimum Gasteiger partial charge on any atom is -0.462 e. The zero-order chi connectivity index (χ0) is 19.6. The van der Waals surface area contributed by atoms with Gasteiger partial charge in [-0.2, -0.15) is 18.2 Å². The molecule has 0 spiro atoms. The summed E-state index contributed by atoms with van der Waals surface area (Å²) in [5.41, 5.74) is 0.495. The predicted octanol–water partition coefficient (Wildman–Crippen LogP) is 0.890. The van der Waals surface area contributed by atoms with Crippen LogP contribution in [0.25, 0.3) is 0 Å². The summed E-state index contributed by atoms with van der Waals surface area (Å²) in [7, 11) is 0. The number of hydroxylamine groups is 2. The highest BCUT2D eigenvalue weighted by Gasteiger charge is 2.47. The quantitative estimate of drug-likeness (QED) is 0.418. The molecule has 0 unspecified atom stereocenters. The first kappa shape index (κ1) is 19.9. The molecule has 3 amide bonds. The maximum atomic E-state index is 13.7. The highest BCUT2D eigenvalue weighted by Crippen LogP contribution is 2.30. The van der Waals surface area contributed by atoms with Gasteiger partial charge in [0.25, 0.3) is 0 Å². The van der Waals surface area contributed by atoms with Crippen LogP contribution < -0.4 is 5.32 Å². The largest absolute Gasteiger partial charge is 0.471 e. The molecule has 0 aromatic rings. The first-order chi connectivity index (χ1) is 12.1. The molecule has 2 aliphatic rings. The van der Waals surface area contributed by atoms with Gasteiger partial charge in [-0.05, 0) is 13.8 Å². The molecule has 2 heterocycles. The lowest BCUT2D eigenvalue weighted by molar-refractivity contribution is -0.223. The van der Waals surface area contributed by atoms with Crippen molar-refractivity contribution in [3.8, 4) is 0 Å². The summed E-state index contributed by atoms with van der Waals surface area (Å²) in [6.07, 6.45) is -6.06. The molecule has 146 valence electrons. The summed E-state index contributed by atoms with van der Waals surface area (Å²) in [6, 6.07) is -2.40. The van der Waals surface area contributed by atoms with Gasteiger partial charge in [0.05, 0.1) is 18.7 Å². The summed E-state index contributed by atoms with van der Waals surface area (Å²) in [4.78, 5) is 40.4. The number of fused-ring (bicyclic) bond motifs is 2. The van der Waals surface area contributed by atoms with E-state index in [4.69, 9.17) is 4.84 Å². The van der Waals surface area contributed by atoms with Gasteiger partial charge >= 0.3 is 30.4 Å². The van der Waals surface area contributed by atoms with E-state index in [1.54, 1.807) is 12.2 Å². The molecule has 0 aromatic carbocycles. The number of amides is 3. The van der Waals surface area contributed by atoms with E-state index in [-0.39, 0.29) is 13.2 Å². The Kier molecular flexibility index (Phi) is 5.74. The minimum atomic E-state index is -5.04. The van der Waals surface area contributed by atoms with Gasteiger partial charge in [0.15, 0.2) is 0 Å². The standard InChI is InChI=1S/C14H17F4N3O5/c1-3-25-11(22)10(15)26-21-8-4-7(2)9(20(6-8)13(21)24)5-19-12(23)14(16,17)18/h4,8-10H,3,5-6H2,1-2H3,(H,19,23)/t8-,9-,10-/m1/s1. The number of carbonyl (C=O) groups is 3. The molecular weight excluding hydrogens is 366 g/mol. The average Bonchev–Trinajstić information content (AvgIpc) is 2.79. The zero-order valence-electron chi connectivity index (χ0n) is 13.9. The van der Waals surface area contributed by atoms with Gasteiger partial charge in [0.1, 0.15) is 0 Å². The highest BCUT2D eigenvalue weighted by atomic mass is 19.4. The van der Waals surface area contributed by atoms with E-state index in [9.17, 15) is 31.9 Å². The van der Waals surface area contributed by atoms with Crippen LogP contribution >= 0.6 is 0 Å². The van der Waals surface area contributed by atoms with Crippen LogP contribution in [0.5, 0.6) is 0 Å². The van der Waals surface area contributed by atoms with Crippen molar-refractivity contribution in [3.63, 3.8) is 0 Å². The summed E-state index contributed by atoms with van der Waals surface area (Å²) < 4.78 is 55.0. The van der Waals surface area contributed by atoms with Crippen LogP contribution in [-0.2, 0) is 19.2 Å². The number of nitrogens with zero attached hydrogens (tertiary/aromatic N) is 2. The third kappa shape index (κ3) is 4.06. The monoisotopic (exact) mass is 383 g/mol. The van der Waals surface area contributed by atoms with E-state index < -0.39 is 49.1 Å². The van der Waals surface area contributed by atoms with E-state index in [1.165, 1.54) is 13.0 Å². The van der Waals surface area contributed by atoms with Crippen molar-refractivity contribution in [2.45, 2.75) is 38.5 Å². The molecule has 26 heavy (non-hydrogen) atoms. The molecule has 2 rings (SSSR count). The van der Waals surface area contributed by atoms with Crippen LogP contribution in [0.2, 0.25) is 0 Å². The Morgan fingerprint density at radius 1 is 1.42 bits per heavy atom. The fourth-order valence-corrected chi connectivity index (χ4v) is 2.70. The first-order valence-electron chi connectivity index (χ1n) is 7.66. The smallest absolute Gasteiger partial charge is 0.462 e. The van der Waals surface area contributed by atoms with Crippen molar-refractivity contribution in [3.05, 3.63) is 11.6 Å². The molecule has 0 radical (unpaired) electrons. The minimum absolute atomic E-state index is 0.0122. The van der Waals surface area contributed by atoms with Gasteiger partial charge in [-0.3, -0.25) is 4.79 Å². The van der Waals surface area contributed by atoms with Gasteiger partial charge in [0.2, 0.25) is 0 Å². The van der Waals surface area contributed by atoms with Crippen molar-refractivity contribution >= 4 is 17.9 Å². The average molecular weight is 383 g/mol. The Morgan fingerprint density at radius 3 is 2.65 bits per heavy atom. The summed E-state index contributed by atoms with van der Waals surface area (Å²) in [6.45, 7) is 2.49. The molecular formula is C14H17F4N3O5. The second kappa shape index (κ2) is 7.48. The van der Waals surface area contributed by atoms with Crippen LogP contribution in [0.3, 0.4) is 0 Å². The molecule has 0 saturated carbocycles. The Balaban J connectivity index is 2.04. The van der Waals surface area contributed by atoms with Gasteiger partial charge in [-0.25, -0.2) is 18.8 Å². The molecule has 2 bridgehead atoms. The number of ether oxygens (including phenoxy) is 1. The van der Waals surface area contributed by atoms with E-state index in [0.29, 0.717) is 10.6 Å². The van der Waals surface area contributed by atoms with Crippen molar-refractivity contribution in [2.24, 2.45) is 0 Å². The Bertz CT molecular complexity index is 624. The number of hydrogen-bond donors (Lipinski definition) is 1. The summed E-state index contributed by atoms with van der Waals surface area (Å²) in [5, 5.41) is 2.35. The number of nitrogens with one attached hydrogen (secondary N) is 1. The van der Waals surface area contributed by atoms with Crippen molar-refractivity contribution in [1.82, 2.24) is 15.3 Å². The van der Waals surface area contributed by atoms with Crippen molar-refractivity contribution in [1.29, 1.82) is 0 Å². The van der Waals surface area contributed by atoms with E-state index in [1.807, 2.05) is 0 Å². The lowest BCUT2D eigenvalue weighted by Crippen LogP contribution is -2.49. The number of hydrogen-bond acceptors (Lipinski definition) is 5. The maximum absolute atomic E-state index is 13.7. The molecule has 0 aromatic heterocycles. The fourth-order valence-electron chi connectivity index (χ4n) is 2.70. The molecule has 3 atom stereocenters. The molecule has 2 aliphatic heterocycles. The molecule has 1 saturated heterocycles. The SMILES string of the molecule is CCOC(=O)[C@H](F)ON1C(=O)N2C[C@H]1C=C(C)[C@H]2CNC(=O)C(F)(F)F. The van der Waals surface area contributed by atoms with Gasteiger partial charge < -0.3 is 15.0 Å². The molecule has 12 heteroatoms. The summed E-state index contributed by atoms with van der Waals surface area (Å²) >= 11 is 0. The molecule has 1 N–H and O–H groups in total. The normalized spacial score (nSPS) is 23.6. The van der Waals surface area contributed by atoms with Crippen LogP contribution in [0.4, 0.5) is 22.4 Å². The third-order valence-corrected chi connectivity index (χ3v) is 3.87. The fraction of sp³-hybridized carbons (Fsp3) is 0.643. The van der Waals surface area contributed by atoms with Crippen molar-refractivity contribution < 1.29 is 41.5 Å². The molecule has 1 fully saturated rings. The van der Waals surface area contributed by atoms with Gasteiger partial charge in [-0.15, -0.1) is 0 Å². The lowest BCUT2D eigenvalue weighted by atomic mass is 10.0. The van der Waals surface area contributed by atoms with Gasteiger partial charge in [0, 0.05) is 13.1 Å². The van der Waals surface area contributed by atoms with E-state index in [2.05, 4.69) is 4.74 Å². The van der Waals surface area contributed by atoms with Crippen LogP contribution in [0.1, 0.15) is 13.8 Å². The first-order valence-corrected chi connectivity index (χ1v) is 7.66. The number of rotatable bonds is 6. The predicted molar refractivity (Wildman–Crippen MR) is 77.0 cm³/mol. The summed E-state index contributed by atoms with van der Waals surface area (Å²) in [5.74, 6) is -3.43. The Labute approximate surface area is 145 Å². The number of halogens is 4. The van der Waals surface area contributed by atoms with E-state index >= 15 is 0 Å². The van der Waals surface area contributed by atoms with Crippen LogP contribution in [0.15, 0.2) is 11.6 Å². The second-order valence-electron chi connectivity index (χ2n) is 5.64. The Hall–Kier alpha value is -2.37. The second-order valence-corrected chi connectivity index (χ2v) is 5.64. The number of alkyl halides is 4. The molecule has 0 aliphatic carbocycles. The lowest BCUT2D eigenvalue weighted by Gasteiger charge is -2.30. The van der Waals surface area contributed by atoms with Crippen LogP contribution in [-0.4, -0.2) is 72.2 Å². The topological polar surface area (TPSA) is 88.2 Å². The number of urea groups is 1. The maximum Gasteiger partial charge on any atom is 0.471 e. The van der Waals surface area contributed by atoms with Crippen molar-refractivity contribution in [2.75, 3.05) is 19.7 Å². The Morgan fingerprint density at radius 2 is 2.08 bits per heavy atom. The molecule has 8 nitrogen and oxygen atoms in total. The number of esters is 1. The highest BCUT2D eigenvalue weighted by molar-refractivity contribution is 5.82. The number of carbonyl (C=O) groups excluding carboxylic acids is 3. The zero-order valence-corrected chi connectivity index (χ0v) is 13.9.